The number of hydrogen-bond acceptors (Lipinski definition) is 3. The molecule has 0 fully saturated rings. The Hall–Kier alpha value is -2.75. The van der Waals surface area contributed by atoms with E-state index in [1.54, 1.807) is 36.4 Å². The van der Waals surface area contributed by atoms with Gasteiger partial charge >= 0.3 is 0 Å². The van der Waals surface area contributed by atoms with E-state index in [0.717, 1.165) is 10.8 Å². The number of fused-ring (bicyclic) bond motifs is 1. The lowest BCUT2D eigenvalue weighted by atomic mass is 10.1. The van der Waals surface area contributed by atoms with E-state index in [4.69, 9.17) is 4.42 Å². The maximum absolute atomic E-state index is 11.9. The monoisotopic (exact) mass is 253 g/mol. The van der Waals surface area contributed by atoms with Gasteiger partial charge in [-0.2, -0.15) is 0 Å². The average Bonchev–Trinajstić information content (AvgIpc) is 2.93. The molecule has 4 nitrogen and oxygen atoms in total. The molecule has 0 bridgehead atoms. The molecule has 0 aliphatic carbocycles. The Balaban J connectivity index is 2.01. The minimum absolute atomic E-state index is 0.159. The van der Waals surface area contributed by atoms with Crippen molar-refractivity contribution in [3.05, 3.63) is 60.6 Å². The Bertz CT molecular complexity index is 732. The van der Waals surface area contributed by atoms with E-state index in [1.165, 1.54) is 6.26 Å². The first-order valence-corrected chi connectivity index (χ1v) is 5.80. The van der Waals surface area contributed by atoms with Crippen LogP contribution >= 0.6 is 0 Å². The molecular formula is C15H11NO3. The molecule has 3 aromatic rings. The number of hydrogen-bond donors (Lipinski definition) is 2. The molecule has 0 spiro atoms. The van der Waals surface area contributed by atoms with E-state index >= 15 is 0 Å². The van der Waals surface area contributed by atoms with E-state index in [0.29, 0.717) is 5.69 Å². The number of aromatic hydroxyl groups is 1. The van der Waals surface area contributed by atoms with Crippen LogP contribution in [-0.4, -0.2) is 11.0 Å². The predicted molar refractivity (Wildman–Crippen MR) is 72.3 cm³/mol. The van der Waals surface area contributed by atoms with E-state index in [9.17, 15) is 9.90 Å². The number of phenols is 1. The Morgan fingerprint density at radius 2 is 2.00 bits per heavy atom. The van der Waals surface area contributed by atoms with Crippen molar-refractivity contribution in [2.75, 3.05) is 5.32 Å². The topological polar surface area (TPSA) is 62.5 Å². The van der Waals surface area contributed by atoms with Crippen molar-refractivity contribution in [3.8, 4) is 5.75 Å². The number of anilines is 1. The lowest BCUT2D eigenvalue weighted by Gasteiger charge is -2.07. The normalized spacial score (nSPS) is 10.5. The summed E-state index contributed by atoms with van der Waals surface area (Å²) in [5, 5.41) is 14.0. The molecule has 1 heterocycles. The molecule has 2 aromatic carbocycles. The molecule has 0 atom stereocenters. The van der Waals surface area contributed by atoms with Crippen molar-refractivity contribution in [1.29, 1.82) is 0 Å². The largest absolute Gasteiger partial charge is 0.508 e. The second-order valence-electron chi connectivity index (χ2n) is 4.14. The van der Waals surface area contributed by atoms with Gasteiger partial charge < -0.3 is 14.8 Å². The SMILES string of the molecule is O=C(Nc1cccc2ccc(O)cc12)c1ccco1. The molecule has 0 aliphatic rings. The van der Waals surface area contributed by atoms with E-state index in [1.807, 2.05) is 12.1 Å². The van der Waals surface area contributed by atoms with Crippen LogP contribution in [0.4, 0.5) is 5.69 Å². The number of amides is 1. The minimum atomic E-state index is -0.319. The number of rotatable bonds is 2. The van der Waals surface area contributed by atoms with Gasteiger partial charge in [0.15, 0.2) is 5.76 Å². The zero-order valence-corrected chi connectivity index (χ0v) is 9.96. The van der Waals surface area contributed by atoms with Crippen LogP contribution in [0.1, 0.15) is 10.6 Å². The molecule has 94 valence electrons. The maximum atomic E-state index is 11.9. The Morgan fingerprint density at radius 1 is 1.11 bits per heavy atom. The second kappa shape index (κ2) is 4.49. The van der Waals surface area contributed by atoms with Crippen molar-refractivity contribution in [1.82, 2.24) is 0 Å². The Kier molecular flexibility index (Phi) is 2.68. The van der Waals surface area contributed by atoms with Gasteiger partial charge in [-0.15, -0.1) is 0 Å². The summed E-state index contributed by atoms with van der Waals surface area (Å²) in [6, 6.07) is 13.8. The molecule has 3 rings (SSSR count). The van der Waals surface area contributed by atoms with Gasteiger partial charge in [0.05, 0.1) is 6.26 Å². The van der Waals surface area contributed by atoms with Crippen LogP contribution in [0.2, 0.25) is 0 Å². The number of benzene rings is 2. The van der Waals surface area contributed by atoms with Gasteiger partial charge in [0.2, 0.25) is 0 Å². The van der Waals surface area contributed by atoms with Crippen LogP contribution < -0.4 is 5.32 Å². The average molecular weight is 253 g/mol. The van der Waals surface area contributed by atoms with Crippen LogP contribution in [0.5, 0.6) is 5.75 Å². The van der Waals surface area contributed by atoms with Crippen LogP contribution in [-0.2, 0) is 0 Å². The maximum Gasteiger partial charge on any atom is 0.291 e. The summed E-state index contributed by atoms with van der Waals surface area (Å²) < 4.78 is 5.04. The van der Waals surface area contributed by atoms with Gasteiger partial charge in [-0.1, -0.05) is 18.2 Å². The van der Waals surface area contributed by atoms with Gasteiger partial charge in [0.25, 0.3) is 5.91 Å². The quantitative estimate of drug-likeness (QED) is 0.735. The lowest BCUT2D eigenvalue weighted by Crippen LogP contribution is -2.10. The van der Waals surface area contributed by atoms with Gasteiger partial charge in [-0.3, -0.25) is 4.79 Å². The molecule has 0 radical (unpaired) electrons. The summed E-state index contributed by atoms with van der Waals surface area (Å²) in [5.74, 6) is 0.0881. The van der Waals surface area contributed by atoms with Crippen molar-refractivity contribution in [2.45, 2.75) is 0 Å². The van der Waals surface area contributed by atoms with E-state index in [2.05, 4.69) is 5.32 Å². The molecule has 19 heavy (non-hydrogen) atoms. The summed E-state index contributed by atoms with van der Waals surface area (Å²) in [7, 11) is 0. The molecule has 2 N–H and O–H groups in total. The van der Waals surface area contributed by atoms with E-state index < -0.39 is 0 Å². The third-order valence-electron chi connectivity index (χ3n) is 2.86. The first kappa shape index (κ1) is 11.3. The summed E-state index contributed by atoms with van der Waals surface area (Å²) in [4.78, 5) is 11.9. The number of furan rings is 1. The molecule has 0 unspecified atom stereocenters. The highest BCUT2D eigenvalue weighted by atomic mass is 16.3. The van der Waals surface area contributed by atoms with E-state index in [-0.39, 0.29) is 17.4 Å². The third-order valence-corrected chi connectivity index (χ3v) is 2.86. The summed E-state index contributed by atoms with van der Waals surface area (Å²) in [6.45, 7) is 0. The highest BCUT2D eigenvalue weighted by Gasteiger charge is 2.10. The van der Waals surface area contributed by atoms with Crippen LogP contribution in [0.25, 0.3) is 10.8 Å². The second-order valence-corrected chi connectivity index (χ2v) is 4.14. The smallest absolute Gasteiger partial charge is 0.291 e. The lowest BCUT2D eigenvalue weighted by molar-refractivity contribution is 0.0997. The standard InChI is InChI=1S/C15H11NO3/c17-11-7-6-10-3-1-4-13(12(10)9-11)16-15(18)14-5-2-8-19-14/h1-9,17H,(H,16,18). The minimum Gasteiger partial charge on any atom is -0.508 e. The van der Waals surface area contributed by atoms with Gasteiger partial charge in [0.1, 0.15) is 5.75 Å². The molecule has 1 amide bonds. The fraction of sp³-hybridized carbons (Fsp3) is 0. The number of carbonyl (C=O) groups excluding carboxylic acids is 1. The fourth-order valence-corrected chi connectivity index (χ4v) is 1.96. The highest BCUT2D eigenvalue weighted by molar-refractivity contribution is 6.08. The Morgan fingerprint density at radius 3 is 2.79 bits per heavy atom. The molecule has 1 aromatic heterocycles. The van der Waals surface area contributed by atoms with Crippen LogP contribution in [0, 0.1) is 0 Å². The van der Waals surface area contributed by atoms with Crippen LogP contribution in [0.3, 0.4) is 0 Å². The first-order chi connectivity index (χ1) is 9.24. The van der Waals surface area contributed by atoms with Gasteiger partial charge in [-0.05, 0) is 35.7 Å². The summed E-state index contributed by atoms with van der Waals surface area (Å²) >= 11 is 0. The number of phenolic OH excluding ortho intramolecular Hbond substituents is 1. The Labute approximate surface area is 109 Å². The van der Waals surface area contributed by atoms with Crippen molar-refractivity contribution >= 4 is 22.4 Å². The zero-order chi connectivity index (χ0) is 13.2. The number of carbonyl (C=O) groups is 1. The first-order valence-electron chi connectivity index (χ1n) is 5.80. The van der Waals surface area contributed by atoms with Crippen LogP contribution in [0.15, 0.2) is 59.2 Å². The van der Waals surface area contributed by atoms with Crippen molar-refractivity contribution in [3.63, 3.8) is 0 Å². The van der Waals surface area contributed by atoms with Crippen molar-refractivity contribution in [2.24, 2.45) is 0 Å². The number of nitrogens with one attached hydrogen (secondary N) is 1. The van der Waals surface area contributed by atoms with Gasteiger partial charge in [0, 0.05) is 11.1 Å². The molecule has 0 saturated carbocycles. The third kappa shape index (κ3) is 2.15. The molecular weight excluding hydrogens is 242 g/mol. The molecule has 0 aliphatic heterocycles. The van der Waals surface area contributed by atoms with Crippen molar-refractivity contribution < 1.29 is 14.3 Å². The summed E-state index contributed by atoms with van der Waals surface area (Å²) in [5.41, 5.74) is 0.634. The zero-order valence-electron chi connectivity index (χ0n) is 9.96. The summed E-state index contributed by atoms with van der Waals surface area (Å²) in [6.07, 6.45) is 1.45. The van der Waals surface area contributed by atoms with Gasteiger partial charge in [-0.25, -0.2) is 0 Å². The predicted octanol–water partition coefficient (Wildman–Crippen LogP) is 3.39. The molecule has 4 heteroatoms. The highest BCUT2D eigenvalue weighted by Crippen LogP contribution is 2.27. The fourth-order valence-electron chi connectivity index (χ4n) is 1.96. The molecule has 0 saturated heterocycles.